The summed E-state index contributed by atoms with van der Waals surface area (Å²) in [7, 11) is 0. The number of carbonyl (C=O) groups excluding carboxylic acids is 1. The molecule has 1 aliphatic heterocycles. The van der Waals surface area contributed by atoms with Gasteiger partial charge in [-0.05, 0) is 43.9 Å². The van der Waals surface area contributed by atoms with Gasteiger partial charge in [-0.3, -0.25) is 4.79 Å². The predicted octanol–water partition coefficient (Wildman–Crippen LogP) is 0.981. The Labute approximate surface area is 110 Å². The van der Waals surface area contributed by atoms with Crippen molar-refractivity contribution in [2.24, 2.45) is 23.5 Å². The summed E-state index contributed by atoms with van der Waals surface area (Å²) in [6.45, 7) is 4.10. The van der Waals surface area contributed by atoms with Crippen molar-refractivity contribution in [3.8, 4) is 0 Å². The third-order valence-corrected chi connectivity index (χ3v) is 4.69. The average molecular weight is 254 g/mol. The van der Waals surface area contributed by atoms with Crippen LogP contribution in [0.1, 0.15) is 39.0 Å². The molecule has 1 amide bonds. The second-order valence-corrected chi connectivity index (χ2v) is 6.11. The van der Waals surface area contributed by atoms with Gasteiger partial charge in [-0.2, -0.15) is 0 Å². The Morgan fingerprint density at radius 3 is 2.89 bits per heavy atom. The van der Waals surface area contributed by atoms with E-state index >= 15 is 0 Å². The molecule has 1 heterocycles. The SMILES string of the molecule is CC1CCC(N)CC1C(=O)N1CCC(CCO)C1. The molecule has 4 nitrogen and oxygen atoms in total. The maximum atomic E-state index is 12.5. The highest BCUT2D eigenvalue weighted by Gasteiger charge is 2.36. The molecule has 1 aliphatic carbocycles. The standard InChI is InChI=1S/C14H26N2O2/c1-10-2-3-12(15)8-13(10)14(18)16-6-4-11(9-16)5-7-17/h10-13,17H,2-9,15H2,1H3. The summed E-state index contributed by atoms with van der Waals surface area (Å²) in [6, 6.07) is 0.200. The summed E-state index contributed by atoms with van der Waals surface area (Å²) in [5.41, 5.74) is 6.00. The first kappa shape index (κ1) is 13.8. The van der Waals surface area contributed by atoms with Crippen LogP contribution in [0.2, 0.25) is 0 Å². The van der Waals surface area contributed by atoms with E-state index in [9.17, 15) is 4.79 Å². The summed E-state index contributed by atoms with van der Waals surface area (Å²) in [4.78, 5) is 14.5. The van der Waals surface area contributed by atoms with Gasteiger partial charge in [-0.25, -0.2) is 0 Å². The smallest absolute Gasteiger partial charge is 0.226 e. The van der Waals surface area contributed by atoms with Gasteiger partial charge in [-0.1, -0.05) is 6.92 Å². The van der Waals surface area contributed by atoms with Gasteiger partial charge in [0.2, 0.25) is 5.91 Å². The van der Waals surface area contributed by atoms with Crippen LogP contribution in [0, 0.1) is 17.8 Å². The van der Waals surface area contributed by atoms with E-state index in [1.807, 2.05) is 4.90 Å². The first-order valence-electron chi connectivity index (χ1n) is 7.27. The molecule has 0 aromatic carbocycles. The minimum absolute atomic E-state index is 0.127. The molecule has 0 aromatic rings. The van der Waals surface area contributed by atoms with Crippen LogP contribution in [-0.2, 0) is 4.79 Å². The van der Waals surface area contributed by atoms with Gasteiger partial charge in [-0.15, -0.1) is 0 Å². The first-order valence-corrected chi connectivity index (χ1v) is 7.27. The number of likely N-dealkylation sites (tertiary alicyclic amines) is 1. The van der Waals surface area contributed by atoms with Crippen LogP contribution in [0.4, 0.5) is 0 Å². The molecule has 2 fully saturated rings. The van der Waals surface area contributed by atoms with E-state index in [-0.39, 0.29) is 18.6 Å². The summed E-state index contributed by atoms with van der Waals surface area (Å²) in [5, 5.41) is 8.96. The molecule has 4 atom stereocenters. The van der Waals surface area contributed by atoms with E-state index in [1.165, 1.54) is 0 Å². The molecule has 4 heteroatoms. The fourth-order valence-electron chi connectivity index (χ4n) is 3.38. The number of hydrogen-bond donors (Lipinski definition) is 2. The molecule has 2 aliphatic rings. The fourth-order valence-corrected chi connectivity index (χ4v) is 3.38. The Hall–Kier alpha value is -0.610. The summed E-state index contributed by atoms with van der Waals surface area (Å²) < 4.78 is 0. The number of aliphatic hydroxyl groups is 1. The van der Waals surface area contributed by atoms with Gasteiger partial charge in [0.05, 0.1) is 0 Å². The van der Waals surface area contributed by atoms with Gasteiger partial charge < -0.3 is 15.7 Å². The number of hydrogen-bond acceptors (Lipinski definition) is 3. The molecular formula is C14H26N2O2. The zero-order valence-electron chi connectivity index (χ0n) is 11.3. The molecule has 4 unspecified atom stereocenters. The number of nitrogens with two attached hydrogens (primary N) is 1. The molecule has 0 radical (unpaired) electrons. The Morgan fingerprint density at radius 1 is 1.39 bits per heavy atom. The Kier molecular flexibility index (Phi) is 4.62. The highest BCUT2D eigenvalue weighted by Crippen LogP contribution is 2.32. The predicted molar refractivity (Wildman–Crippen MR) is 70.9 cm³/mol. The zero-order valence-corrected chi connectivity index (χ0v) is 11.3. The number of rotatable bonds is 3. The summed E-state index contributed by atoms with van der Waals surface area (Å²) in [6.07, 6.45) is 4.84. The second kappa shape index (κ2) is 6.02. The highest BCUT2D eigenvalue weighted by molar-refractivity contribution is 5.79. The minimum Gasteiger partial charge on any atom is -0.396 e. The molecule has 3 N–H and O–H groups in total. The van der Waals surface area contributed by atoms with Crippen molar-refractivity contribution >= 4 is 5.91 Å². The van der Waals surface area contributed by atoms with Crippen molar-refractivity contribution in [2.75, 3.05) is 19.7 Å². The maximum Gasteiger partial charge on any atom is 0.226 e. The first-order chi connectivity index (χ1) is 8.61. The van der Waals surface area contributed by atoms with Gasteiger partial charge >= 0.3 is 0 Å². The molecule has 18 heavy (non-hydrogen) atoms. The molecular weight excluding hydrogens is 228 g/mol. The zero-order chi connectivity index (χ0) is 13.1. The molecule has 0 bridgehead atoms. The monoisotopic (exact) mass is 254 g/mol. The second-order valence-electron chi connectivity index (χ2n) is 6.11. The van der Waals surface area contributed by atoms with Gasteiger partial charge in [0.25, 0.3) is 0 Å². The van der Waals surface area contributed by atoms with E-state index in [0.717, 1.165) is 45.2 Å². The van der Waals surface area contributed by atoms with Crippen molar-refractivity contribution in [1.82, 2.24) is 4.90 Å². The lowest BCUT2D eigenvalue weighted by Crippen LogP contribution is -2.43. The van der Waals surface area contributed by atoms with Crippen LogP contribution in [0.15, 0.2) is 0 Å². The van der Waals surface area contributed by atoms with Crippen LogP contribution in [0.25, 0.3) is 0 Å². The lowest BCUT2D eigenvalue weighted by Gasteiger charge is -2.34. The summed E-state index contributed by atoms with van der Waals surface area (Å²) >= 11 is 0. The lowest BCUT2D eigenvalue weighted by molar-refractivity contribution is -0.137. The molecule has 2 rings (SSSR count). The molecule has 0 spiro atoms. The Bertz CT molecular complexity index is 296. The normalized spacial score (nSPS) is 36.9. The van der Waals surface area contributed by atoms with Gasteiger partial charge in [0.15, 0.2) is 0 Å². The quantitative estimate of drug-likeness (QED) is 0.789. The lowest BCUT2D eigenvalue weighted by atomic mass is 9.77. The van der Waals surface area contributed by atoms with E-state index in [0.29, 0.717) is 17.7 Å². The van der Waals surface area contributed by atoms with E-state index in [4.69, 9.17) is 10.8 Å². The maximum absolute atomic E-state index is 12.5. The van der Waals surface area contributed by atoms with Crippen LogP contribution in [0.3, 0.4) is 0 Å². The van der Waals surface area contributed by atoms with E-state index < -0.39 is 0 Å². The molecule has 1 saturated carbocycles. The molecule has 1 saturated heterocycles. The number of nitrogens with zero attached hydrogens (tertiary/aromatic N) is 1. The van der Waals surface area contributed by atoms with Crippen LogP contribution < -0.4 is 5.73 Å². The number of carbonyl (C=O) groups is 1. The largest absolute Gasteiger partial charge is 0.396 e. The van der Waals surface area contributed by atoms with E-state index in [2.05, 4.69) is 6.92 Å². The van der Waals surface area contributed by atoms with Crippen LogP contribution >= 0.6 is 0 Å². The third kappa shape index (κ3) is 3.04. The third-order valence-electron chi connectivity index (χ3n) is 4.69. The number of amides is 1. The van der Waals surface area contributed by atoms with Crippen molar-refractivity contribution in [3.63, 3.8) is 0 Å². The van der Waals surface area contributed by atoms with Crippen LogP contribution in [0.5, 0.6) is 0 Å². The van der Waals surface area contributed by atoms with E-state index in [1.54, 1.807) is 0 Å². The molecule has 0 aromatic heterocycles. The fraction of sp³-hybridized carbons (Fsp3) is 0.929. The summed E-state index contributed by atoms with van der Waals surface area (Å²) in [5.74, 6) is 1.39. The minimum atomic E-state index is 0.127. The van der Waals surface area contributed by atoms with Crippen molar-refractivity contribution < 1.29 is 9.90 Å². The Balaban J connectivity index is 1.90. The van der Waals surface area contributed by atoms with Crippen molar-refractivity contribution in [1.29, 1.82) is 0 Å². The highest BCUT2D eigenvalue weighted by atomic mass is 16.3. The van der Waals surface area contributed by atoms with Gasteiger partial charge in [0, 0.05) is 31.7 Å². The molecule has 104 valence electrons. The van der Waals surface area contributed by atoms with Crippen molar-refractivity contribution in [3.05, 3.63) is 0 Å². The average Bonchev–Trinajstić information content (AvgIpc) is 2.80. The number of aliphatic hydroxyl groups excluding tert-OH is 1. The topological polar surface area (TPSA) is 66.6 Å². The van der Waals surface area contributed by atoms with Crippen molar-refractivity contribution in [2.45, 2.75) is 45.1 Å². The Morgan fingerprint density at radius 2 is 2.17 bits per heavy atom. The van der Waals surface area contributed by atoms with Crippen LogP contribution in [-0.4, -0.2) is 41.7 Å². The van der Waals surface area contributed by atoms with Gasteiger partial charge in [0.1, 0.15) is 0 Å².